The smallest absolute Gasteiger partial charge is 0.253 e. The maximum atomic E-state index is 12.3. The molecule has 0 aliphatic carbocycles. The van der Waals surface area contributed by atoms with Crippen LogP contribution in [0.4, 0.5) is 0 Å². The van der Waals surface area contributed by atoms with Gasteiger partial charge in [0, 0.05) is 36.0 Å². The number of benzene rings is 1. The van der Waals surface area contributed by atoms with E-state index in [2.05, 4.69) is 15.9 Å². The van der Waals surface area contributed by atoms with Crippen molar-refractivity contribution in [3.05, 3.63) is 29.8 Å². The number of rotatable bonds is 7. The maximum absolute atomic E-state index is 12.3. The van der Waals surface area contributed by atoms with E-state index >= 15 is 0 Å². The second-order valence-electron chi connectivity index (χ2n) is 3.70. The van der Waals surface area contributed by atoms with E-state index in [4.69, 9.17) is 4.74 Å². The van der Waals surface area contributed by atoms with Crippen molar-refractivity contribution < 1.29 is 9.53 Å². The molecule has 0 fully saturated rings. The molecule has 1 aromatic carbocycles. The monoisotopic (exact) mass is 331 g/mol. The number of carbonyl (C=O) groups is 1. The molecule has 3 nitrogen and oxygen atoms in total. The minimum atomic E-state index is 0.0548. The minimum Gasteiger partial charge on any atom is -0.383 e. The summed E-state index contributed by atoms with van der Waals surface area (Å²) in [5.41, 5.74) is 0.727. The molecule has 5 heteroatoms. The van der Waals surface area contributed by atoms with Crippen LogP contribution in [0.5, 0.6) is 0 Å². The first-order valence-corrected chi connectivity index (χ1v) is 8.05. The fourth-order valence-corrected chi connectivity index (χ4v) is 2.37. The molecule has 1 rings (SSSR count). The molecule has 0 heterocycles. The number of nitrogens with zero attached hydrogens (tertiary/aromatic N) is 1. The zero-order valence-electron chi connectivity index (χ0n) is 10.7. The Balaban J connectivity index is 2.73. The van der Waals surface area contributed by atoms with Gasteiger partial charge in [0.25, 0.3) is 5.91 Å². The van der Waals surface area contributed by atoms with Crippen LogP contribution in [0.1, 0.15) is 10.4 Å². The van der Waals surface area contributed by atoms with Crippen LogP contribution in [0.15, 0.2) is 29.2 Å². The molecule has 100 valence electrons. The van der Waals surface area contributed by atoms with Crippen molar-refractivity contribution in [2.45, 2.75) is 4.90 Å². The molecule has 1 amide bonds. The lowest BCUT2D eigenvalue weighted by atomic mass is 10.2. The quantitative estimate of drug-likeness (QED) is 0.568. The van der Waals surface area contributed by atoms with Crippen LogP contribution in [0.25, 0.3) is 0 Å². The lowest BCUT2D eigenvalue weighted by Crippen LogP contribution is -2.35. The molecular formula is C13H18BrNO2S. The Morgan fingerprint density at radius 2 is 2.00 bits per heavy atom. The summed E-state index contributed by atoms with van der Waals surface area (Å²) >= 11 is 5.04. The Kier molecular flexibility index (Phi) is 7.39. The highest BCUT2D eigenvalue weighted by molar-refractivity contribution is 9.09. The average Bonchev–Trinajstić information content (AvgIpc) is 2.43. The van der Waals surface area contributed by atoms with Gasteiger partial charge in [0.2, 0.25) is 0 Å². The summed E-state index contributed by atoms with van der Waals surface area (Å²) in [6.07, 6.45) is 2.02. The largest absolute Gasteiger partial charge is 0.383 e. The predicted octanol–water partition coefficient (Wildman–Crippen LogP) is 2.89. The van der Waals surface area contributed by atoms with Gasteiger partial charge in [-0.1, -0.05) is 15.9 Å². The molecule has 0 aliphatic rings. The molecule has 0 aliphatic heterocycles. The normalized spacial score (nSPS) is 10.4. The third-order valence-electron chi connectivity index (χ3n) is 2.54. The summed E-state index contributed by atoms with van der Waals surface area (Å²) in [4.78, 5) is 15.2. The molecule has 0 atom stereocenters. The van der Waals surface area contributed by atoms with Crippen LogP contribution in [0.2, 0.25) is 0 Å². The second kappa shape index (κ2) is 8.56. The number of alkyl halides is 1. The molecule has 0 N–H and O–H groups in total. The van der Waals surface area contributed by atoms with Crippen molar-refractivity contribution in [3.8, 4) is 0 Å². The van der Waals surface area contributed by atoms with Crippen LogP contribution < -0.4 is 0 Å². The van der Waals surface area contributed by atoms with Crippen molar-refractivity contribution in [2.24, 2.45) is 0 Å². The Bertz CT molecular complexity index is 370. The zero-order chi connectivity index (χ0) is 13.4. The molecule has 18 heavy (non-hydrogen) atoms. The third-order valence-corrected chi connectivity index (χ3v) is 3.64. The second-order valence-corrected chi connectivity index (χ2v) is 5.38. The Morgan fingerprint density at radius 3 is 2.50 bits per heavy atom. The molecule has 0 bridgehead atoms. The first-order chi connectivity index (χ1) is 8.72. The van der Waals surface area contributed by atoms with Gasteiger partial charge in [-0.05, 0) is 30.5 Å². The summed E-state index contributed by atoms with van der Waals surface area (Å²) < 4.78 is 5.03. The Labute approximate surface area is 121 Å². The lowest BCUT2D eigenvalue weighted by Gasteiger charge is -2.21. The minimum absolute atomic E-state index is 0.0548. The number of methoxy groups -OCH3 is 1. The fourth-order valence-electron chi connectivity index (χ4n) is 1.53. The highest BCUT2D eigenvalue weighted by Crippen LogP contribution is 2.16. The van der Waals surface area contributed by atoms with Gasteiger partial charge in [-0.3, -0.25) is 4.79 Å². The number of ether oxygens (including phenoxy) is 1. The van der Waals surface area contributed by atoms with Gasteiger partial charge < -0.3 is 9.64 Å². The van der Waals surface area contributed by atoms with Gasteiger partial charge in [-0.25, -0.2) is 0 Å². The lowest BCUT2D eigenvalue weighted by molar-refractivity contribution is 0.0709. The highest BCUT2D eigenvalue weighted by Gasteiger charge is 2.14. The standard InChI is InChI=1S/C13H18BrNO2S/c1-17-10-9-15(8-7-14)13(16)11-3-5-12(18-2)6-4-11/h3-6H,7-10H2,1-2H3. The topological polar surface area (TPSA) is 29.5 Å². The zero-order valence-corrected chi connectivity index (χ0v) is 13.1. The van der Waals surface area contributed by atoms with Crippen molar-refractivity contribution in [2.75, 3.05) is 38.4 Å². The van der Waals surface area contributed by atoms with Gasteiger partial charge >= 0.3 is 0 Å². The molecular weight excluding hydrogens is 314 g/mol. The summed E-state index contributed by atoms with van der Waals surface area (Å²) in [5.74, 6) is 0.0548. The predicted molar refractivity (Wildman–Crippen MR) is 79.8 cm³/mol. The molecule has 0 saturated heterocycles. The van der Waals surface area contributed by atoms with E-state index < -0.39 is 0 Å². The summed E-state index contributed by atoms with van der Waals surface area (Å²) in [6, 6.07) is 7.70. The Morgan fingerprint density at radius 1 is 1.33 bits per heavy atom. The van der Waals surface area contributed by atoms with E-state index in [-0.39, 0.29) is 5.91 Å². The molecule has 0 aromatic heterocycles. The van der Waals surface area contributed by atoms with E-state index in [1.807, 2.05) is 30.5 Å². The SMILES string of the molecule is COCCN(CCBr)C(=O)c1ccc(SC)cc1. The van der Waals surface area contributed by atoms with Gasteiger partial charge in [-0.2, -0.15) is 0 Å². The van der Waals surface area contributed by atoms with Crippen molar-refractivity contribution in [3.63, 3.8) is 0 Å². The van der Waals surface area contributed by atoms with E-state index in [1.54, 1.807) is 23.8 Å². The van der Waals surface area contributed by atoms with Gasteiger partial charge in [0.15, 0.2) is 0 Å². The van der Waals surface area contributed by atoms with Crippen LogP contribution in [0, 0.1) is 0 Å². The molecule has 0 saturated carbocycles. The van der Waals surface area contributed by atoms with Gasteiger partial charge in [-0.15, -0.1) is 11.8 Å². The highest BCUT2D eigenvalue weighted by atomic mass is 79.9. The van der Waals surface area contributed by atoms with E-state index in [9.17, 15) is 4.79 Å². The third kappa shape index (κ3) is 4.63. The summed E-state index contributed by atoms with van der Waals surface area (Å²) in [7, 11) is 1.64. The number of hydrogen-bond acceptors (Lipinski definition) is 3. The van der Waals surface area contributed by atoms with Crippen LogP contribution in [-0.2, 0) is 4.74 Å². The maximum Gasteiger partial charge on any atom is 0.253 e. The molecule has 0 spiro atoms. The average molecular weight is 332 g/mol. The number of thioether (sulfide) groups is 1. The number of amides is 1. The molecule has 0 unspecified atom stereocenters. The number of hydrogen-bond donors (Lipinski definition) is 0. The number of halogens is 1. The van der Waals surface area contributed by atoms with Crippen LogP contribution in [0.3, 0.4) is 0 Å². The molecule has 0 radical (unpaired) electrons. The van der Waals surface area contributed by atoms with Crippen molar-refractivity contribution >= 4 is 33.6 Å². The number of carbonyl (C=O) groups excluding carboxylic acids is 1. The van der Waals surface area contributed by atoms with Crippen LogP contribution in [-0.4, -0.2) is 49.2 Å². The van der Waals surface area contributed by atoms with Gasteiger partial charge in [0.1, 0.15) is 0 Å². The van der Waals surface area contributed by atoms with Gasteiger partial charge in [0.05, 0.1) is 6.61 Å². The van der Waals surface area contributed by atoms with Crippen molar-refractivity contribution in [1.82, 2.24) is 4.90 Å². The molecule has 1 aromatic rings. The summed E-state index contributed by atoms with van der Waals surface area (Å²) in [5, 5.41) is 0.769. The van der Waals surface area contributed by atoms with Crippen LogP contribution >= 0.6 is 27.7 Å². The first kappa shape index (κ1) is 15.5. The fraction of sp³-hybridized carbons (Fsp3) is 0.462. The van der Waals surface area contributed by atoms with Crippen molar-refractivity contribution in [1.29, 1.82) is 0 Å². The van der Waals surface area contributed by atoms with E-state index in [0.717, 1.165) is 15.8 Å². The first-order valence-electron chi connectivity index (χ1n) is 5.71. The summed E-state index contributed by atoms with van der Waals surface area (Å²) in [6.45, 7) is 1.86. The van der Waals surface area contributed by atoms with E-state index in [1.165, 1.54) is 0 Å². The van der Waals surface area contributed by atoms with E-state index in [0.29, 0.717) is 19.7 Å². The Hall–Kier alpha value is -0.520.